The van der Waals surface area contributed by atoms with E-state index in [1.165, 1.54) is 6.07 Å². The number of methoxy groups -OCH3 is 1. The lowest BCUT2D eigenvalue weighted by Crippen LogP contribution is -1.97. The fraction of sp³-hybridized carbons (Fsp3) is 0.0357. The summed E-state index contributed by atoms with van der Waals surface area (Å²) < 4.78 is 38.5. The smallest absolute Gasteiger partial charge is 0.294 e. The number of phenols is 1. The minimum Gasteiger partial charge on any atom is -0.507 e. The van der Waals surface area contributed by atoms with Crippen LogP contribution in [-0.4, -0.2) is 35.2 Å². The summed E-state index contributed by atoms with van der Waals surface area (Å²) in [6.07, 6.45) is 0. The first-order valence-corrected chi connectivity index (χ1v) is 12.6. The quantitative estimate of drug-likeness (QED) is 0.221. The number of rotatable bonds is 4. The van der Waals surface area contributed by atoms with Crippen LogP contribution in [0.15, 0.2) is 89.8 Å². The number of hydrogen-bond acceptors (Lipinski definition) is 5. The molecule has 0 aliphatic rings. The van der Waals surface area contributed by atoms with Crippen LogP contribution in [0, 0.1) is 0 Å². The molecule has 37 heavy (non-hydrogen) atoms. The highest BCUT2D eigenvalue weighted by atomic mass is 35.5. The van der Waals surface area contributed by atoms with E-state index in [4.69, 9.17) is 9.72 Å². The van der Waals surface area contributed by atoms with Gasteiger partial charge in [0.05, 0.1) is 28.5 Å². The first-order chi connectivity index (χ1) is 17.3. The standard InChI is InChI=1S/C28H20N2O5S.ClH/c1-35-27-21(20-9-4-7-16-6-2-3-8-19(16)20)10-5-11-22(27)28-29-23-13-12-17-14-18(36(32,33)34)15-24(31)25(17)26(23)30-28;/h2-15,31H,1H3,(H,29,30)(H,32,33,34);1H. The van der Waals surface area contributed by atoms with Gasteiger partial charge in [-0.15, -0.1) is 12.4 Å². The Bertz CT molecular complexity index is 1930. The van der Waals surface area contributed by atoms with Gasteiger partial charge in [0, 0.05) is 11.6 Å². The molecule has 5 aromatic carbocycles. The highest BCUT2D eigenvalue weighted by molar-refractivity contribution is 7.85. The van der Waals surface area contributed by atoms with Gasteiger partial charge in [0.25, 0.3) is 10.1 Å². The van der Waals surface area contributed by atoms with E-state index in [2.05, 4.69) is 29.2 Å². The lowest BCUT2D eigenvalue weighted by molar-refractivity contribution is 0.418. The number of aromatic nitrogens is 2. The summed E-state index contributed by atoms with van der Waals surface area (Å²) in [6.45, 7) is 0. The van der Waals surface area contributed by atoms with E-state index >= 15 is 0 Å². The molecule has 9 heteroatoms. The number of aromatic amines is 1. The monoisotopic (exact) mass is 532 g/mol. The van der Waals surface area contributed by atoms with Crippen molar-refractivity contribution in [2.24, 2.45) is 0 Å². The Morgan fingerprint density at radius 3 is 2.32 bits per heavy atom. The lowest BCUT2D eigenvalue weighted by atomic mass is 9.96. The van der Waals surface area contributed by atoms with E-state index in [1.807, 2.05) is 36.4 Å². The molecule has 0 fully saturated rings. The zero-order valence-electron chi connectivity index (χ0n) is 19.5. The van der Waals surface area contributed by atoms with Gasteiger partial charge in [0.2, 0.25) is 0 Å². The first kappa shape index (κ1) is 24.6. The molecular weight excluding hydrogens is 512 g/mol. The minimum absolute atomic E-state index is 0. The summed E-state index contributed by atoms with van der Waals surface area (Å²) >= 11 is 0. The molecule has 3 N–H and O–H groups in total. The molecule has 0 saturated carbocycles. The topological polar surface area (TPSA) is 113 Å². The summed E-state index contributed by atoms with van der Waals surface area (Å²) in [4.78, 5) is 7.68. The molecule has 1 aromatic heterocycles. The van der Waals surface area contributed by atoms with Gasteiger partial charge in [-0.25, -0.2) is 4.98 Å². The van der Waals surface area contributed by atoms with Crippen LogP contribution < -0.4 is 4.74 Å². The van der Waals surface area contributed by atoms with E-state index in [0.717, 1.165) is 33.5 Å². The van der Waals surface area contributed by atoms with Crippen molar-refractivity contribution in [2.45, 2.75) is 4.90 Å². The van der Waals surface area contributed by atoms with Crippen molar-refractivity contribution < 1.29 is 22.8 Å². The predicted octanol–water partition coefficient (Wildman–Crippen LogP) is 6.59. The summed E-state index contributed by atoms with van der Waals surface area (Å²) in [5.74, 6) is 0.894. The van der Waals surface area contributed by atoms with E-state index in [9.17, 15) is 18.1 Å². The van der Waals surface area contributed by atoms with Gasteiger partial charge in [0.1, 0.15) is 22.8 Å². The average molecular weight is 533 g/mol. The molecular formula is C28H21ClN2O5S. The molecule has 0 amide bonds. The van der Waals surface area contributed by atoms with Crippen LogP contribution in [0.4, 0.5) is 0 Å². The van der Waals surface area contributed by atoms with E-state index in [1.54, 1.807) is 19.2 Å². The maximum Gasteiger partial charge on any atom is 0.294 e. The number of halogens is 1. The largest absolute Gasteiger partial charge is 0.507 e. The van der Waals surface area contributed by atoms with Gasteiger partial charge in [-0.1, -0.05) is 60.7 Å². The normalized spacial score (nSPS) is 11.6. The highest BCUT2D eigenvalue weighted by Crippen LogP contribution is 2.42. The lowest BCUT2D eigenvalue weighted by Gasteiger charge is -2.14. The Hall–Kier alpha value is -4.11. The van der Waals surface area contributed by atoms with Crippen molar-refractivity contribution in [3.05, 3.63) is 84.9 Å². The van der Waals surface area contributed by atoms with E-state index in [0.29, 0.717) is 33.4 Å². The zero-order valence-corrected chi connectivity index (χ0v) is 21.1. The highest BCUT2D eigenvalue weighted by Gasteiger charge is 2.20. The summed E-state index contributed by atoms with van der Waals surface area (Å²) in [5.41, 5.74) is 3.81. The van der Waals surface area contributed by atoms with Crippen LogP contribution in [0.5, 0.6) is 11.5 Å². The van der Waals surface area contributed by atoms with Crippen LogP contribution in [0.3, 0.4) is 0 Å². The SMILES string of the molecule is COc1c(-c2nc3c(ccc4cc(S(=O)(=O)O)cc(O)c43)[nH]2)cccc1-c1cccc2ccccc12.Cl. The Morgan fingerprint density at radius 2 is 1.54 bits per heavy atom. The molecule has 0 unspecified atom stereocenters. The first-order valence-electron chi connectivity index (χ1n) is 11.1. The van der Waals surface area contributed by atoms with Crippen LogP contribution in [-0.2, 0) is 10.1 Å². The van der Waals surface area contributed by atoms with Gasteiger partial charge < -0.3 is 14.8 Å². The molecule has 7 nitrogen and oxygen atoms in total. The third kappa shape index (κ3) is 4.05. The number of aromatic hydroxyl groups is 1. The number of nitrogens with one attached hydrogen (secondary N) is 1. The zero-order chi connectivity index (χ0) is 25.0. The van der Waals surface area contributed by atoms with Gasteiger partial charge in [-0.05, 0) is 39.9 Å². The number of nitrogens with zero attached hydrogens (tertiary/aromatic N) is 1. The maximum absolute atomic E-state index is 11.6. The second-order valence-corrected chi connectivity index (χ2v) is 9.90. The van der Waals surface area contributed by atoms with Gasteiger partial charge >= 0.3 is 0 Å². The Morgan fingerprint density at radius 1 is 0.838 bits per heavy atom. The van der Waals surface area contributed by atoms with Gasteiger partial charge in [0.15, 0.2) is 0 Å². The number of H-pyrrole nitrogens is 1. The second kappa shape index (κ2) is 9.08. The number of para-hydroxylation sites is 1. The number of benzene rings is 5. The molecule has 0 saturated heterocycles. The van der Waals surface area contributed by atoms with Crippen LogP contribution >= 0.6 is 12.4 Å². The van der Waals surface area contributed by atoms with Crippen LogP contribution in [0.2, 0.25) is 0 Å². The van der Waals surface area contributed by atoms with Crippen LogP contribution in [0.1, 0.15) is 0 Å². The summed E-state index contributed by atoms with van der Waals surface area (Å²) in [7, 11) is -2.85. The van der Waals surface area contributed by atoms with Crippen LogP contribution in [0.25, 0.3) is 55.1 Å². The van der Waals surface area contributed by atoms with Crippen molar-refractivity contribution in [3.63, 3.8) is 0 Å². The molecule has 186 valence electrons. The number of phenolic OH excluding ortho intramolecular Hbond substituents is 1. The number of imidazole rings is 1. The molecule has 0 radical (unpaired) electrons. The molecule has 6 aromatic rings. The molecule has 0 bridgehead atoms. The third-order valence-electron chi connectivity index (χ3n) is 6.37. The summed E-state index contributed by atoms with van der Waals surface area (Å²) in [6, 6.07) is 25.9. The Labute approximate surface area is 218 Å². The molecule has 0 aliphatic heterocycles. The second-order valence-electron chi connectivity index (χ2n) is 8.48. The molecule has 0 aliphatic carbocycles. The predicted molar refractivity (Wildman–Crippen MR) is 147 cm³/mol. The third-order valence-corrected chi connectivity index (χ3v) is 7.20. The fourth-order valence-electron chi connectivity index (χ4n) is 4.77. The van der Waals surface area contributed by atoms with Crippen molar-refractivity contribution in [1.82, 2.24) is 9.97 Å². The molecule has 6 rings (SSSR count). The average Bonchev–Trinajstić information content (AvgIpc) is 3.31. The maximum atomic E-state index is 11.6. The molecule has 1 heterocycles. The van der Waals surface area contributed by atoms with E-state index in [-0.39, 0.29) is 23.1 Å². The van der Waals surface area contributed by atoms with Crippen molar-refractivity contribution in [3.8, 4) is 34.0 Å². The van der Waals surface area contributed by atoms with Crippen molar-refractivity contribution in [2.75, 3.05) is 7.11 Å². The number of hydrogen-bond donors (Lipinski definition) is 3. The van der Waals surface area contributed by atoms with Gasteiger partial charge in [-0.2, -0.15) is 8.42 Å². The number of ether oxygens (including phenoxy) is 1. The van der Waals surface area contributed by atoms with Crippen molar-refractivity contribution >= 4 is 55.1 Å². The fourth-order valence-corrected chi connectivity index (χ4v) is 5.31. The Kier molecular flexibility index (Phi) is 6.03. The van der Waals surface area contributed by atoms with Crippen molar-refractivity contribution in [1.29, 1.82) is 0 Å². The Balaban J connectivity index is 0.00000280. The summed E-state index contributed by atoms with van der Waals surface area (Å²) in [5, 5.41) is 13.7. The van der Waals surface area contributed by atoms with Gasteiger partial charge in [-0.3, -0.25) is 4.55 Å². The van der Waals surface area contributed by atoms with E-state index < -0.39 is 10.1 Å². The molecule has 0 atom stereocenters. The minimum atomic E-state index is -4.47. The molecule has 0 spiro atoms. The number of fused-ring (bicyclic) bond motifs is 4.